The van der Waals surface area contributed by atoms with Crippen molar-refractivity contribution in [3.63, 3.8) is 0 Å². The van der Waals surface area contributed by atoms with Crippen LogP contribution in [0.4, 0.5) is 5.69 Å². The van der Waals surface area contributed by atoms with E-state index in [9.17, 15) is 18.0 Å². The lowest BCUT2D eigenvalue weighted by molar-refractivity contribution is -0.122. The van der Waals surface area contributed by atoms with E-state index in [0.717, 1.165) is 31.6 Å². The zero-order valence-corrected chi connectivity index (χ0v) is 23.4. The molecule has 0 N–H and O–H groups in total. The molecule has 1 atom stereocenters. The lowest BCUT2D eigenvalue weighted by atomic mass is 10.0. The minimum atomic E-state index is -4.14. The van der Waals surface area contributed by atoms with Crippen molar-refractivity contribution < 1.29 is 18.0 Å². The second-order valence-electron chi connectivity index (χ2n) is 9.39. The molecular weight excluding hydrogens is 540 g/mol. The maximum absolute atomic E-state index is 14.3. The standard InChI is InChI=1S/C28H29BrN2O4S/c1-17-6-8-22(9-7-17)16-30(36(34,35)27-20(4)18(2)14-19(3)21(27)5)25-15-26(32)31(28(25)33)24-12-10-23(29)11-13-24/h6-14,25H,15-16H2,1-5H3. The average Bonchev–Trinajstić information content (AvgIpc) is 3.11. The number of carbonyl (C=O) groups is 2. The van der Waals surface area contributed by atoms with Crippen molar-refractivity contribution in [3.8, 4) is 0 Å². The van der Waals surface area contributed by atoms with Gasteiger partial charge >= 0.3 is 0 Å². The molecule has 1 aliphatic rings. The zero-order valence-electron chi connectivity index (χ0n) is 21.0. The normalized spacial score (nSPS) is 16.3. The number of imide groups is 1. The number of rotatable bonds is 6. The molecule has 1 heterocycles. The summed E-state index contributed by atoms with van der Waals surface area (Å²) < 4.78 is 30.7. The Labute approximate surface area is 221 Å². The van der Waals surface area contributed by atoms with Crippen molar-refractivity contribution in [2.75, 3.05) is 4.90 Å². The molecule has 8 heteroatoms. The molecule has 1 fully saturated rings. The van der Waals surface area contributed by atoms with Crippen LogP contribution in [0.15, 0.2) is 64.0 Å². The summed E-state index contributed by atoms with van der Waals surface area (Å²) in [6, 6.07) is 15.2. The van der Waals surface area contributed by atoms with E-state index in [4.69, 9.17) is 0 Å². The fraction of sp³-hybridized carbons (Fsp3) is 0.286. The quantitative estimate of drug-likeness (QED) is 0.367. The number of benzene rings is 3. The average molecular weight is 570 g/mol. The zero-order chi connectivity index (χ0) is 26.4. The molecule has 0 aliphatic carbocycles. The van der Waals surface area contributed by atoms with E-state index in [1.165, 1.54) is 4.31 Å². The molecule has 1 unspecified atom stereocenters. The highest BCUT2D eigenvalue weighted by molar-refractivity contribution is 9.10. The van der Waals surface area contributed by atoms with Crippen molar-refractivity contribution >= 4 is 43.5 Å². The smallest absolute Gasteiger partial charge is 0.252 e. The lowest BCUT2D eigenvalue weighted by Crippen LogP contribution is -2.45. The van der Waals surface area contributed by atoms with E-state index in [2.05, 4.69) is 15.9 Å². The summed E-state index contributed by atoms with van der Waals surface area (Å²) in [6.07, 6.45) is -0.219. The molecule has 188 valence electrons. The minimum Gasteiger partial charge on any atom is -0.274 e. The summed E-state index contributed by atoms with van der Waals surface area (Å²) >= 11 is 3.36. The van der Waals surface area contributed by atoms with E-state index < -0.39 is 27.9 Å². The van der Waals surface area contributed by atoms with Gasteiger partial charge in [-0.25, -0.2) is 13.3 Å². The van der Waals surface area contributed by atoms with E-state index in [-0.39, 0.29) is 17.9 Å². The number of halogens is 1. The molecule has 1 aliphatic heterocycles. The summed E-state index contributed by atoms with van der Waals surface area (Å²) in [6.45, 7) is 9.26. The maximum atomic E-state index is 14.3. The van der Waals surface area contributed by atoms with Crippen LogP contribution < -0.4 is 4.90 Å². The molecule has 0 aromatic heterocycles. The minimum absolute atomic E-state index is 0.0215. The van der Waals surface area contributed by atoms with Gasteiger partial charge in [0.25, 0.3) is 5.91 Å². The lowest BCUT2D eigenvalue weighted by Gasteiger charge is -2.29. The predicted molar refractivity (Wildman–Crippen MR) is 144 cm³/mol. The van der Waals surface area contributed by atoms with Crippen molar-refractivity contribution in [1.82, 2.24) is 4.31 Å². The van der Waals surface area contributed by atoms with Gasteiger partial charge in [-0.2, -0.15) is 4.31 Å². The van der Waals surface area contributed by atoms with E-state index >= 15 is 0 Å². The van der Waals surface area contributed by atoms with Gasteiger partial charge < -0.3 is 0 Å². The van der Waals surface area contributed by atoms with Crippen LogP contribution in [-0.4, -0.2) is 30.6 Å². The van der Waals surface area contributed by atoms with Gasteiger partial charge in [-0.05, 0) is 86.7 Å². The van der Waals surface area contributed by atoms with Crippen LogP contribution in [0.2, 0.25) is 0 Å². The Hall–Kier alpha value is -2.81. The molecule has 3 aromatic rings. The van der Waals surface area contributed by atoms with Gasteiger partial charge in [0.2, 0.25) is 15.9 Å². The monoisotopic (exact) mass is 568 g/mol. The number of amides is 2. The van der Waals surface area contributed by atoms with Crippen LogP contribution in [0, 0.1) is 34.6 Å². The Bertz CT molecular complexity index is 1420. The first-order valence-corrected chi connectivity index (χ1v) is 13.9. The highest BCUT2D eigenvalue weighted by Gasteiger charge is 2.47. The predicted octanol–water partition coefficient (Wildman–Crippen LogP) is 5.51. The summed E-state index contributed by atoms with van der Waals surface area (Å²) in [5.74, 6) is -0.969. The molecule has 0 saturated carbocycles. The van der Waals surface area contributed by atoms with Crippen LogP contribution in [-0.2, 0) is 26.2 Å². The first kappa shape index (κ1) is 26.3. The number of anilines is 1. The third-order valence-electron chi connectivity index (χ3n) is 6.88. The highest BCUT2D eigenvalue weighted by atomic mass is 79.9. The van der Waals surface area contributed by atoms with Crippen molar-refractivity contribution in [2.24, 2.45) is 0 Å². The number of hydrogen-bond acceptors (Lipinski definition) is 4. The molecule has 1 saturated heterocycles. The molecule has 6 nitrogen and oxygen atoms in total. The SMILES string of the molecule is Cc1ccc(CN(C2CC(=O)N(c3ccc(Br)cc3)C2=O)S(=O)(=O)c2c(C)c(C)cc(C)c2C)cc1. The van der Waals surface area contributed by atoms with Crippen molar-refractivity contribution in [2.45, 2.75) is 58.5 Å². The van der Waals surface area contributed by atoms with Crippen LogP contribution in [0.5, 0.6) is 0 Å². The Morgan fingerprint density at radius 2 is 1.44 bits per heavy atom. The Morgan fingerprint density at radius 3 is 2.00 bits per heavy atom. The number of carbonyl (C=O) groups excluding carboxylic acids is 2. The summed E-state index contributed by atoms with van der Waals surface area (Å²) in [5, 5.41) is 0. The summed E-state index contributed by atoms with van der Waals surface area (Å²) in [5.41, 5.74) is 5.22. The van der Waals surface area contributed by atoms with Crippen LogP contribution >= 0.6 is 15.9 Å². The third kappa shape index (κ3) is 4.77. The highest BCUT2D eigenvalue weighted by Crippen LogP contribution is 2.34. The van der Waals surface area contributed by atoms with Crippen molar-refractivity contribution in [3.05, 3.63) is 92.5 Å². The van der Waals surface area contributed by atoms with Gasteiger partial charge in [0.1, 0.15) is 6.04 Å². The Morgan fingerprint density at radius 1 is 0.889 bits per heavy atom. The fourth-order valence-electron chi connectivity index (χ4n) is 4.62. The summed E-state index contributed by atoms with van der Waals surface area (Å²) in [4.78, 5) is 28.0. The van der Waals surface area contributed by atoms with E-state index in [1.54, 1.807) is 38.1 Å². The molecule has 4 rings (SSSR count). The van der Waals surface area contributed by atoms with Gasteiger partial charge in [0, 0.05) is 11.0 Å². The molecule has 2 amide bonds. The second-order valence-corrected chi connectivity index (χ2v) is 12.1. The van der Waals surface area contributed by atoms with E-state index in [1.807, 2.05) is 51.1 Å². The van der Waals surface area contributed by atoms with Gasteiger partial charge in [0.05, 0.1) is 17.0 Å². The first-order valence-electron chi connectivity index (χ1n) is 11.7. The number of aryl methyl sites for hydroxylation is 3. The number of sulfonamides is 1. The van der Waals surface area contributed by atoms with Crippen LogP contribution in [0.25, 0.3) is 0 Å². The number of hydrogen-bond donors (Lipinski definition) is 0. The Kier molecular flexibility index (Phi) is 7.23. The fourth-order valence-corrected chi connectivity index (χ4v) is 7.04. The molecule has 3 aromatic carbocycles. The molecule has 0 spiro atoms. The Balaban J connectivity index is 1.84. The summed E-state index contributed by atoms with van der Waals surface area (Å²) in [7, 11) is -4.14. The molecular formula is C28H29BrN2O4S. The van der Waals surface area contributed by atoms with Gasteiger partial charge in [-0.3, -0.25) is 9.59 Å². The van der Waals surface area contributed by atoms with Crippen LogP contribution in [0.1, 0.15) is 39.8 Å². The largest absolute Gasteiger partial charge is 0.274 e. The van der Waals surface area contributed by atoms with Crippen molar-refractivity contribution in [1.29, 1.82) is 0 Å². The molecule has 0 radical (unpaired) electrons. The molecule has 0 bridgehead atoms. The second kappa shape index (κ2) is 9.92. The third-order valence-corrected chi connectivity index (χ3v) is 9.54. The van der Waals surface area contributed by atoms with Crippen LogP contribution in [0.3, 0.4) is 0 Å². The van der Waals surface area contributed by atoms with E-state index in [0.29, 0.717) is 16.8 Å². The maximum Gasteiger partial charge on any atom is 0.252 e. The number of nitrogens with zero attached hydrogens (tertiary/aromatic N) is 2. The molecule has 36 heavy (non-hydrogen) atoms. The first-order chi connectivity index (χ1) is 16.9. The van der Waals surface area contributed by atoms with Gasteiger partial charge in [-0.15, -0.1) is 0 Å². The van der Waals surface area contributed by atoms with Gasteiger partial charge in [-0.1, -0.05) is 51.8 Å². The topological polar surface area (TPSA) is 74.8 Å². The van der Waals surface area contributed by atoms with Gasteiger partial charge in [0.15, 0.2) is 0 Å².